The highest BCUT2D eigenvalue weighted by molar-refractivity contribution is 7.89. The summed E-state index contributed by atoms with van der Waals surface area (Å²) in [7, 11) is -3.58. The Kier molecular flexibility index (Phi) is 5.24. The van der Waals surface area contributed by atoms with Crippen LogP contribution in [0, 0.1) is 0 Å². The van der Waals surface area contributed by atoms with Crippen LogP contribution in [0.3, 0.4) is 0 Å². The van der Waals surface area contributed by atoms with Gasteiger partial charge < -0.3 is 16.0 Å². The summed E-state index contributed by atoms with van der Waals surface area (Å²) in [4.78, 5) is 12.4. The molecule has 32 heavy (non-hydrogen) atoms. The summed E-state index contributed by atoms with van der Waals surface area (Å²) in [6.07, 6.45) is 4.08. The number of nitrogens with zero attached hydrogens (tertiary/aromatic N) is 3. The molecule has 164 valence electrons. The first kappa shape index (κ1) is 20.7. The molecule has 0 bridgehead atoms. The number of hydrogen-bond donors (Lipinski definition) is 3. The maximum atomic E-state index is 12.9. The molecule has 0 amide bonds. The number of aromatic amines is 1. The van der Waals surface area contributed by atoms with Crippen molar-refractivity contribution in [1.29, 1.82) is 0 Å². The number of nitrogens with two attached hydrogens (primary N) is 1. The number of para-hydroxylation sites is 1. The van der Waals surface area contributed by atoms with Crippen LogP contribution in [0.15, 0.2) is 65.8 Å². The van der Waals surface area contributed by atoms with E-state index in [9.17, 15) is 8.42 Å². The van der Waals surface area contributed by atoms with Crippen LogP contribution in [0.4, 0.5) is 11.6 Å². The number of rotatable bonds is 5. The van der Waals surface area contributed by atoms with Gasteiger partial charge in [0.1, 0.15) is 0 Å². The first-order valence-electron chi connectivity index (χ1n) is 10.1. The number of nitrogen functional groups attached to an aromatic ring is 1. The molecule has 0 radical (unpaired) electrons. The van der Waals surface area contributed by atoms with Crippen LogP contribution in [0.1, 0.15) is 6.42 Å². The number of anilines is 2. The van der Waals surface area contributed by atoms with Gasteiger partial charge in [-0.1, -0.05) is 29.8 Å². The lowest BCUT2D eigenvalue weighted by Gasteiger charge is -2.17. The molecule has 4 N–H and O–H groups in total. The van der Waals surface area contributed by atoms with Crippen molar-refractivity contribution in [2.45, 2.75) is 17.4 Å². The number of sulfonamides is 1. The third-order valence-electron chi connectivity index (χ3n) is 5.59. The predicted octanol–water partition coefficient (Wildman–Crippen LogP) is 3.74. The topological polar surface area (TPSA) is 117 Å². The number of hydrogen-bond acceptors (Lipinski definition) is 6. The molecular formula is C22H21ClN6O2S. The Labute approximate surface area is 190 Å². The van der Waals surface area contributed by atoms with E-state index in [-0.39, 0.29) is 10.9 Å². The standard InChI is InChI=1S/C22H21ClN6O2S/c23-19-12-26-22(28-21(19)18-11-25-20-4-2-1-3-17(18)20)27-15-9-10-29(13-15)32(30,31)16-7-5-14(24)6-8-16/h1-8,11-12,15,25H,9-10,13,24H2,(H,26,27,28)/t15-/m1/s1. The molecule has 10 heteroatoms. The van der Waals surface area contributed by atoms with Gasteiger partial charge in [0.2, 0.25) is 16.0 Å². The Morgan fingerprint density at radius 1 is 1.16 bits per heavy atom. The lowest BCUT2D eigenvalue weighted by Crippen LogP contribution is -2.32. The summed E-state index contributed by atoms with van der Waals surface area (Å²) in [6.45, 7) is 0.731. The van der Waals surface area contributed by atoms with Gasteiger partial charge in [0.15, 0.2) is 0 Å². The smallest absolute Gasteiger partial charge is 0.243 e. The van der Waals surface area contributed by atoms with Gasteiger partial charge in [0, 0.05) is 47.5 Å². The summed E-state index contributed by atoms with van der Waals surface area (Å²) in [5.74, 6) is 0.409. The van der Waals surface area contributed by atoms with Crippen molar-refractivity contribution in [2.24, 2.45) is 0 Å². The van der Waals surface area contributed by atoms with E-state index >= 15 is 0 Å². The summed E-state index contributed by atoms with van der Waals surface area (Å²) < 4.78 is 27.3. The molecule has 1 fully saturated rings. The van der Waals surface area contributed by atoms with E-state index in [1.807, 2.05) is 30.5 Å². The van der Waals surface area contributed by atoms with E-state index in [0.29, 0.717) is 41.9 Å². The summed E-state index contributed by atoms with van der Waals surface area (Å²) in [5, 5.41) is 4.72. The SMILES string of the molecule is Nc1ccc(S(=O)(=O)N2CC[C@@H](Nc3ncc(Cl)c(-c4c[nH]c5ccccc45)n3)C2)cc1. The van der Waals surface area contributed by atoms with E-state index in [1.165, 1.54) is 16.4 Å². The molecule has 0 spiro atoms. The lowest BCUT2D eigenvalue weighted by atomic mass is 10.1. The molecule has 0 aliphatic carbocycles. The molecule has 0 saturated carbocycles. The second-order valence-electron chi connectivity index (χ2n) is 7.70. The summed E-state index contributed by atoms with van der Waals surface area (Å²) in [6, 6.07) is 14.0. The minimum absolute atomic E-state index is 0.115. The number of aromatic nitrogens is 3. The van der Waals surface area contributed by atoms with Gasteiger partial charge in [-0.15, -0.1) is 0 Å². The van der Waals surface area contributed by atoms with Crippen LogP contribution >= 0.6 is 11.6 Å². The normalized spacial score (nSPS) is 17.1. The van der Waals surface area contributed by atoms with Crippen LogP contribution in [-0.2, 0) is 10.0 Å². The molecule has 1 aliphatic heterocycles. The maximum Gasteiger partial charge on any atom is 0.243 e. The quantitative estimate of drug-likeness (QED) is 0.384. The Hall–Kier alpha value is -3.14. The highest BCUT2D eigenvalue weighted by atomic mass is 35.5. The molecule has 5 rings (SSSR count). The molecule has 2 aromatic carbocycles. The second-order valence-corrected chi connectivity index (χ2v) is 10.0. The molecule has 4 aromatic rings. The van der Waals surface area contributed by atoms with Gasteiger partial charge in [-0.05, 0) is 36.8 Å². The zero-order valence-electron chi connectivity index (χ0n) is 17.0. The predicted molar refractivity (Wildman–Crippen MR) is 126 cm³/mol. The largest absolute Gasteiger partial charge is 0.399 e. The van der Waals surface area contributed by atoms with Gasteiger partial charge in [-0.25, -0.2) is 18.4 Å². The molecule has 1 atom stereocenters. The Morgan fingerprint density at radius 3 is 2.75 bits per heavy atom. The van der Waals surface area contributed by atoms with E-state index in [1.54, 1.807) is 18.3 Å². The van der Waals surface area contributed by atoms with Crippen molar-refractivity contribution in [1.82, 2.24) is 19.3 Å². The van der Waals surface area contributed by atoms with Crippen molar-refractivity contribution < 1.29 is 8.42 Å². The molecule has 1 aliphatic rings. The van der Waals surface area contributed by atoms with Gasteiger partial charge in [0.25, 0.3) is 0 Å². The lowest BCUT2D eigenvalue weighted by molar-refractivity contribution is 0.474. The van der Waals surface area contributed by atoms with Crippen LogP contribution < -0.4 is 11.1 Å². The number of H-pyrrole nitrogens is 1. The minimum Gasteiger partial charge on any atom is -0.399 e. The van der Waals surface area contributed by atoms with Crippen molar-refractivity contribution in [3.05, 3.63) is 65.9 Å². The highest BCUT2D eigenvalue weighted by Crippen LogP contribution is 2.32. The Balaban J connectivity index is 1.35. The highest BCUT2D eigenvalue weighted by Gasteiger charge is 2.33. The molecule has 1 saturated heterocycles. The number of benzene rings is 2. The third-order valence-corrected chi connectivity index (χ3v) is 7.75. The zero-order chi connectivity index (χ0) is 22.3. The van der Waals surface area contributed by atoms with Crippen LogP contribution in [-0.4, -0.2) is 46.8 Å². The Morgan fingerprint density at radius 2 is 1.94 bits per heavy atom. The van der Waals surface area contributed by atoms with E-state index in [2.05, 4.69) is 20.3 Å². The molecule has 2 aromatic heterocycles. The fourth-order valence-corrected chi connectivity index (χ4v) is 5.62. The minimum atomic E-state index is -3.58. The van der Waals surface area contributed by atoms with Crippen LogP contribution in [0.5, 0.6) is 0 Å². The molecular weight excluding hydrogens is 448 g/mol. The monoisotopic (exact) mass is 468 g/mol. The van der Waals surface area contributed by atoms with Crippen LogP contribution in [0.2, 0.25) is 5.02 Å². The van der Waals surface area contributed by atoms with Crippen molar-refractivity contribution in [2.75, 3.05) is 24.1 Å². The van der Waals surface area contributed by atoms with Gasteiger partial charge >= 0.3 is 0 Å². The number of nitrogens with one attached hydrogen (secondary N) is 2. The van der Waals surface area contributed by atoms with Crippen molar-refractivity contribution in [3.8, 4) is 11.3 Å². The van der Waals surface area contributed by atoms with Gasteiger partial charge in [-0.3, -0.25) is 0 Å². The average Bonchev–Trinajstić information content (AvgIpc) is 3.43. The van der Waals surface area contributed by atoms with E-state index < -0.39 is 10.0 Å². The first-order valence-corrected chi connectivity index (χ1v) is 11.9. The van der Waals surface area contributed by atoms with Gasteiger partial charge in [0.05, 0.1) is 21.8 Å². The average molecular weight is 469 g/mol. The fraction of sp³-hybridized carbons (Fsp3) is 0.182. The second kappa shape index (κ2) is 8.09. The molecule has 0 unspecified atom stereocenters. The number of halogens is 1. The molecule has 3 heterocycles. The van der Waals surface area contributed by atoms with Crippen LogP contribution in [0.25, 0.3) is 22.2 Å². The fourth-order valence-electron chi connectivity index (χ4n) is 3.93. The van der Waals surface area contributed by atoms with Crippen molar-refractivity contribution in [3.63, 3.8) is 0 Å². The third kappa shape index (κ3) is 3.79. The molecule has 8 nitrogen and oxygen atoms in total. The Bertz CT molecular complexity index is 1390. The number of fused-ring (bicyclic) bond motifs is 1. The summed E-state index contributed by atoms with van der Waals surface area (Å²) >= 11 is 6.40. The maximum absolute atomic E-state index is 12.9. The van der Waals surface area contributed by atoms with E-state index in [4.69, 9.17) is 17.3 Å². The van der Waals surface area contributed by atoms with Crippen molar-refractivity contribution >= 4 is 44.2 Å². The summed E-state index contributed by atoms with van der Waals surface area (Å²) in [5.41, 5.74) is 8.69. The van der Waals surface area contributed by atoms with Gasteiger partial charge in [-0.2, -0.15) is 4.31 Å². The first-order chi connectivity index (χ1) is 15.4. The zero-order valence-corrected chi connectivity index (χ0v) is 18.6. The van der Waals surface area contributed by atoms with E-state index in [0.717, 1.165) is 16.5 Å².